The number of aromatic nitrogens is 3. The van der Waals surface area contributed by atoms with Gasteiger partial charge in [-0.2, -0.15) is 4.98 Å². The Hall–Kier alpha value is -2.11. The number of nitrogens with two attached hydrogens (primary N) is 1. The van der Waals surface area contributed by atoms with E-state index in [4.69, 9.17) is 10.3 Å². The van der Waals surface area contributed by atoms with Crippen molar-refractivity contribution < 1.29 is 4.52 Å². The van der Waals surface area contributed by atoms with Gasteiger partial charge in [0.2, 0.25) is 5.95 Å². The van der Waals surface area contributed by atoms with Gasteiger partial charge in [-0.25, -0.2) is 4.98 Å². The molecule has 6 heteroatoms. The van der Waals surface area contributed by atoms with Crippen molar-refractivity contribution in [3.63, 3.8) is 0 Å². The van der Waals surface area contributed by atoms with Crippen molar-refractivity contribution in [2.24, 2.45) is 0 Å². The number of aryl methyl sites for hydroxylation is 2. The molecule has 18 heavy (non-hydrogen) atoms. The monoisotopic (exact) mass is 247 g/mol. The Morgan fingerprint density at radius 1 is 1.33 bits per heavy atom. The van der Waals surface area contributed by atoms with Gasteiger partial charge in [0.05, 0.1) is 17.0 Å². The molecule has 0 aliphatic heterocycles. The zero-order chi connectivity index (χ0) is 13.1. The summed E-state index contributed by atoms with van der Waals surface area (Å²) in [6, 6.07) is 1.86. The molecule has 6 nitrogen and oxygen atoms in total. The fraction of sp³-hybridized carbons (Fsp3) is 0.417. The van der Waals surface area contributed by atoms with Gasteiger partial charge in [0.25, 0.3) is 0 Å². The van der Waals surface area contributed by atoms with Gasteiger partial charge in [-0.1, -0.05) is 12.1 Å². The second-order valence-electron chi connectivity index (χ2n) is 4.12. The largest absolute Gasteiger partial charge is 0.370 e. The number of nitrogen functional groups attached to an aromatic ring is 1. The lowest BCUT2D eigenvalue weighted by atomic mass is 10.1. The van der Waals surface area contributed by atoms with E-state index in [-0.39, 0.29) is 5.95 Å². The lowest BCUT2D eigenvalue weighted by Crippen LogP contribution is -2.06. The molecule has 2 aromatic rings. The minimum absolute atomic E-state index is 0.242. The van der Waals surface area contributed by atoms with E-state index in [2.05, 4.69) is 27.4 Å². The number of rotatable bonds is 4. The van der Waals surface area contributed by atoms with Gasteiger partial charge in [-0.05, 0) is 20.3 Å². The fourth-order valence-corrected chi connectivity index (χ4v) is 1.79. The third-order valence-corrected chi connectivity index (χ3v) is 2.59. The number of nitrogens with zero attached hydrogens (tertiary/aromatic N) is 3. The Labute approximate surface area is 106 Å². The SMILES string of the molecule is CCCNc1cc(-c2c(C)noc2C)nc(N)n1. The highest BCUT2D eigenvalue weighted by Crippen LogP contribution is 2.27. The van der Waals surface area contributed by atoms with Crippen LogP contribution in [0, 0.1) is 13.8 Å². The third kappa shape index (κ3) is 2.42. The molecule has 96 valence electrons. The molecule has 0 spiro atoms. The molecule has 0 bridgehead atoms. The summed E-state index contributed by atoms with van der Waals surface area (Å²) < 4.78 is 5.14. The molecule has 0 saturated carbocycles. The molecule has 0 aromatic carbocycles. The first-order chi connectivity index (χ1) is 8.61. The summed E-state index contributed by atoms with van der Waals surface area (Å²) in [6.45, 7) is 6.67. The van der Waals surface area contributed by atoms with Crippen LogP contribution in [0.2, 0.25) is 0 Å². The van der Waals surface area contributed by atoms with Crippen LogP contribution in [0.15, 0.2) is 10.6 Å². The van der Waals surface area contributed by atoms with E-state index >= 15 is 0 Å². The van der Waals surface area contributed by atoms with Crippen molar-refractivity contribution >= 4 is 11.8 Å². The van der Waals surface area contributed by atoms with Crippen LogP contribution in [0.1, 0.15) is 24.8 Å². The predicted molar refractivity (Wildman–Crippen MR) is 70.2 cm³/mol. The van der Waals surface area contributed by atoms with E-state index in [1.165, 1.54) is 0 Å². The minimum Gasteiger partial charge on any atom is -0.370 e. The molecule has 2 aromatic heterocycles. The lowest BCUT2D eigenvalue weighted by Gasteiger charge is -2.07. The summed E-state index contributed by atoms with van der Waals surface area (Å²) >= 11 is 0. The molecule has 0 aliphatic rings. The highest BCUT2D eigenvalue weighted by molar-refractivity contribution is 5.67. The maximum Gasteiger partial charge on any atom is 0.222 e. The smallest absolute Gasteiger partial charge is 0.222 e. The van der Waals surface area contributed by atoms with E-state index < -0.39 is 0 Å². The average molecular weight is 247 g/mol. The van der Waals surface area contributed by atoms with Crippen molar-refractivity contribution in [1.29, 1.82) is 0 Å². The minimum atomic E-state index is 0.242. The average Bonchev–Trinajstić information content (AvgIpc) is 2.66. The number of nitrogens with one attached hydrogen (secondary N) is 1. The molecule has 0 amide bonds. The Morgan fingerprint density at radius 3 is 2.72 bits per heavy atom. The highest BCUT2D eigenvalue weighted by atomic mass is 16.5. The highest BCUT2D eigenvalue weighted by Gasteiger charge is 2.14. The van der Waals surface area contributed by atoms with Crippen LogP contribution in [0.4, 0.5) is 11.8 Å². The Morgan fingerprint density at radius 2 is 2.11 bits per heavy atom. The van der Waals surface area contributed by atoms with E-state index in [9.17, 15) is 0 Å². The molecule has 0 atom stereocenters. The Balaban J connectivity index is 2.42. The first-order valence-corrected chi connectivity index (χ1v) is 5.93. The van der Waals surface area contributed by atoms with E-state index in [0.29, 0.717) is 0 Å². The standard InChI is InChI=1S/C12H17N5O/c1-4-5-14-10-6-9(15-12(13)16-10)11-7(2)17-18-8(11)3/h6H,4-5H2,1-3H3,(H3,13,14,15,16). The molecule has 0 saturated heterocycles. The van der Waals surface area contributed by atoms with Crippen LogP contribution in [0.3, 0.4) is 0 Å². The van der Waals surface area contributed by atoms with Crippen molar-refractivity contribution in [2.75, 3.05) is 17.6 Å². The quantitative estimate of drug-likeness (QED) is 0.860. The van der Waals surface area contributed by atoms with Gasteiger partial charge in [-0.3, -0.25) is 0 Å². The third-order valence-electron chi connectivity index (χ3n) is 2.59. The molecule has 0 unspecified atom stereocenters. The van der Waals surface area contributed by atoms with E-state index in [1.807, 2.05) is 19.9 Å². The molecular formula is C12H17N5O. The predicted octanol–water partition coefficient (Wildman–Crippen LogP) is 2.15. The van der Waals surface area contributed by atoms with Crippen molar-refractivity contribution in [3.05, 3.63) is 17.5 Å². The summed E-state index contributed by atoms with van der Waals surface area (Å²) in [4.78, 5) is 8.38. The molecule has 3 N–H and O–H groups in total. The van der Waals surface area contributed by atoms with Gasteiger partial charge >= 0.3 is 0 Å². The molecule has 0 fully saturated rings. The van der Waals surface area contributed by atoms with Crippen LogP contribution in [-0.2, 0) is 0 Å². The van der Waals surface area contributed by atoms with Gasteiger partial charge in [-0.15, -0.1) is 0 Å². The van der Waals surface area contributed by atoms with Crippen molar-refractivity contribution in [3.8, 4) is 11.3 Å². The van der Waals surface area contributed by atoms with E-state index in [1.54, 1.807) is 0 Å². The second kappa shape index (κ2) is 5.03. The number of anilines is 2. The summed E-state index contributed by atoms with van der Waals surface area (Å²) in [5.41, 5.74) is 8.13. The summed E-state index contributed by atoms with van der Waals surface area (Å²) in [5.74, 6) is 1.69. The summed E-state index contributed by atoms with van der Waals surface area (Å²) in [5, 5.41) is 7.11. The van der Waals surface area contributed by atoms with Gasteiger partial charge in [0.1, 0.15) is 11.6 Å². The first kappa shape index (κ1) is 12.3. The van der Waals surface area contributed by atoms with Crippen molar-refractivity contribution in [2.45, 2.75) is 27.2 Å². The fourth-order valence-electron chi connectivity index (χ4n) is 1.79. The van der Waals surface area contributed by atoms with Crippen molar-refractivity contribution in [1.82, 2.24) is 15.1 Å². The topological polar surface area (TPSA) is 89.9 Å². The molecular weight excluding hydrogens is 230 g/mol. The second-order valence-corrected chi connectivity index (χ2v) is 4.12. The number of hydrogen-bond acceptors (Lipinski definition) is 6. The molecule has 0 aliphatic carbocycles. The van der Waals surface area contributed by atoms with Crippen LogP contribution in [0.5, 0.6) is 0 Å². The van der Waals surface area contributed by atoms with Crippen LogP contribution in [-0.4, -0.2) is 21.7 Å². The zero-order valence-electron chi connectivity index (χ0n) is 10.8. The first-order valence-electron chi connectivity index (χ1n) is 5.93. The van der Waals surface area contributed by atoms with E-state index in [0.717, 1.165) is 41.5 Å². The van der Waals surface area contributed by atoms with Crippen LogP contribution < -0.4 is 11.1 Å². The molecule has 0 radical (unpaired) electrons. The maximum atomic E-state index is 5.72. The van der Waals surface area contributed by atoms with Crippen LogP contribution in [0.25, 0.3) is 11.3 Å². The maximum absolute atomic E-state index is 5.72. The summed E-state index contributed by atoms with van der Waals surface area (Å²) in [7, 11) is 0. The lowest BCUT2D eigenvalue weighted by molar-refractivity contribution is 0.393. The normalized spacial score (nSPS) is 10.6. The number of hydrogen-bond donors (Lipinski definition) is 2. The Kier molecular flexibility index (Phi) is 3.45. The Bertz CT molecular complexity index is 530. The van der Waals surface area contributed by atoms with Gasteiger partial charge < -0.3 is 15.6 Å². The zero-order valence-corrected chi connectivity index (χ0v) is 10.8. The van der Waals surface area contributed by atoms with Gasteiger partial charge in [0.15, 0.2) is 0 Å². The van der Waals surface area contributed by atoms with Crippen LogP contribution >= 0.6 is 0 Å². The summed E-state index contributed by atoms with van der Waals surface area (Å²) in [6.07, 6.45) is 1.02. The van der Waals surface area contributed by atoms with Gasteiger partial charge in [0, 0.05) is 12.6 Å². The molecule has 2 rings (SSSR count). The molecule has 2 heterocycles.